The van der Waals surface area contributed by atoms with Gasteiger partial charge in [0.05, 0.1) is 0 Å². The van der Waals surface area contributed by atoms with E-state index in [9.17, 15) is 0 Å². The summed E-state index contributed by atoms with van der Waals surface area (Å²) < 4.78 is 11.3. The molecule has 1 aromatic heterocycles. The zero-order chi connectivity index (χ0) is 6.36. The molecule has 1 N–H and O–H groups in total. The molecule has 0 spiro atoms. The Balaban J connectivity index is 0.000000112. The fraction of sp³-hybridized carbons (Fsp3) is 1.00. The van der Waals surface area contributed by atoms with Gasteiger partial charge in [0, 0.05) is 13.1 Å². The maximum absolute atomic E-state index is 3.78. The van der Waals surface area contributed by atoms with Crippen molar-refractivity contribution in [2.75, 3.05) is 13.1 Å². The second-order valence-corrected chi connectivity index (χ2v) is 3.97. The highest BCUT2D eigenvalue weighted by Gasteiger charge is 1.91. The van der Waals surface area contributed by atoms with Gasteiger partial charge in [-0.05, 0) is 0 Å². The summed E-state index contributed by atoms with van der Waals surface area (Å²) in [5.74, 6) is 0. The molecule has 4 nitrogen and oxygen atoms in total. The van der Waals surface area contributed by atoms with Crippen LogP contribution in [0.4, 0.5) is 0 Å². The summed E-state index contributed by atoms with van der Waals surface area (Å²) in [6.07, 6.45) is 0. The highest BCUT2D eigenvalue weighted by Crippen LogP contribution is 2.01. The summed E-state index contributed by atoms with van der Waals surface area (Å²) in [4.78, 5) is 0. The Labute approximate surface area is 58.2 Å². The molecule has 0 atom stereocenters. The lowest BCUT2D eigenvalue weighted by Gasteiger charge is -1.64. The van der Waals surface area contributed by atoms with Crippen LogP contribution in [0.2, 0.25) is 0 Å². The van der Waals surface area contributed by atoms with Gasteiger partial charge in [-0.15, -0.1) is 0 Å². The van der Waals surface area contributed by atoms with E-state index in [0.29, 0.717) is 0 Å². The van der Waals surface area contributed by atoms with Gasteiger partial charge in [-0.3, -0.25) is 0 Å². The third kappa shape index (κ3) is 6.14. The van der Waals surface area contributed by atoms with Crippen molar-refractivity contribution in [2.24, 2.45) is 0 Å². The lowest BCUT2D eigenvalue weighted by atomic mass is 11.0. The van der Waals surface area contributed by atoms with E-state index >= 15 is 0 Å². The van der Waals surface area contributed by atoms with Gasteiger partial charge in [0.25, 0.3) is 0 Å². The normalized spacial score (nSPS) is 16.0. The van der Waals surface area contributed by atoms with Gasteiger partial charge < -0.3 is 5.32 Å². The maximum Gasteiger partial charge on any atom is 0.166 e. The molecule has 0 saturated carbocycles. The first kappa shape index (κ1) is 7.37. The molecular weight excluding hydrogens is 173 g/mol. The van der Waals surface area contributed by atoms with Crippen LogP contribution in [0.1, 0.15) is 0 Å². The minimum atomic E-state index is 0.830. The topological polar surface area (TPSA) is 60.6 Å². The summed E-state index contributed by atoms with van der Waals surface area (Å²) in [7, 11) is 2.49. The smallest absolute Gasteiger partial charge is 0.166 e. The van der Waals surface area contributed by atoms with E-state index < -0.39 is 0 Å². The number of nitrogens with zero attached hydrogens (tertiary/aromatic N) is 3. The summed E-state index contributed by atoms with van der Waals surface area (Å²) in [6, 6.07) is 0. The third-order valence-corrected chi connectivity index (χ3v) is 2.41. The van der Waals surface area contributed by atoms with Crippen LogP contribution in [-0.4, -0.2) is 26.6 Å². The molecule has 1 aliphatic heterocycles. The van der Waals surface area contributed by atoms with Crippen LogP contribution in [0.5, 0.6) is 0 Å². The van der Waals surface area contributed by atoms with Crippen LogP contribution < -0.4 is 5.32 Å². The fourth-order valence-electron chi connectivity index (χ4n) is 0.107. The zero-order valence-corrected chi connectivity index (χ0v) is 7.28. The Morgan fingerprint density at radius 3 is 1.33 bits per heavy atom. The van der Waals surface area contributed by atoms with Crippen LogP contribution in [-0.2, 0) is 0 Å². The van der Waals surface area contributed by atoms with E-state index in [2.05, 4.69) is 18.8 Å². The van der Waals surface area contributed by atoms with E-state index in [4.69, 9.17) is 0 Å². The Bertz CT molecular complexity index is 114. The Morgan fingerprint density at radius 1 is 0.889 bits per heavy atom. The van der Waals surface area contributed by atoms with E-state index in [0.717, 1.165) is 25.5 Å². The monoisotopic (exact) mass is 178 g/mol. The van der Waals surface area contributed by atoms with Gasteiger partial charge in [0.2, 0.25) is 0 Å². The van der Waals surface area contributed by atoms with Crippen molar-refractivity contribution in [3.05, 3.63) is 0 Å². The molecule has 1 aromatic rings. The number of rotatable bonds is 0. The maximum atomic E-state index is 3.78. The van der Waals surface area contributed by atoms with Crippen molar-refractivity contribution in [3.63, 3.8) is 0 Å². The number of nitrogens with one attached hydrogen (secondary N) is 1. The molecule has 0 unspecified atom stereocenters. The average Bonchev–Trinajstić information content (AvgIpc) is 2.76. The lowest BCUT2D eigenvalue weighted by Crippen LogP contribution is -1.56. The van der Waals surface area contributed by atoms with Gasteiger partial charge in [0.1, 0.15) is 0 Å². The van der Waals surface area contributed by atoms with Gasteiger partial charge in [-0.1, -0.05) is 0 Å². The van der Waals surface area contributed by atoms with Gasteiger partial charge in [-0.2, -0.15) is 13.5 Å². The van der Waals surface area contributed by atoms with Crippen LogP contribution in [0.15, 0.2) is 0 Å². The highest BCUT2D eigenvalue weighted by molar-refractivity contribution is 7.43. The van der Waals surface area contributed by atoms with Crippen LogP contribution in [0, 0.1) is 0 Å². The quantitative estimate of drug-likeness (QED) is 0.606. The lowest BCUT2D eigenvalue weighted by molar-refractivity contribution is 1.34. The number of aromatic nitrogens is 3. The van der Waals surface area contributed by atoms with E-state index in [1.54, 1.807) is 0 Å². The SMILES string of the molecule is C1CN1.n1pnpnp1. The van der Waals surface area contributed by atoms with E-state index in [-0.39, 0.29) is 0 Å². The number of hydrogen-bond donors (Lipinski definition) is 1. The first-order valence-corrected chi connectivity index (χ1v) is 4.81. The molecule has 0 radical (unpaired) electrons. The van der Waals surface area contributed by atoms with Gasteiger partial charge in [-0.25, -0.2) is 0 Å². The van der Waals surface area contributed by atoms with Crippen molar-refractivity contribution in [1.29, 1.82) is 0 Å². The summed E-state index contributed by atoms with van der Waals surface area (Å²) in [5.41, 5.74) is 0. The predicted molar refractivity (Wildman–Crippen MR) is 40.2 cm³/mol. The molecule has 9 heavy (non-hydrogen) atoms. The number of hydrogen-bond acceptors (Lipinski definition) is 4. The van der Waals surface area contributed by atoms with Crippen molar-refractivity contribution >= 4 is 25.5 Å². The molecule has 0 amide bonds. The third-order valence-electron chi connectivity index (χ3n) is 0.490. The van der Waals surface area contributed by atoms with Gasteiger partial charge >= 0.3 is 0 Å². The molecule has 2 rings (SSSR count). The molecule has 2 heterocycles. The molecule has 1 aliphatic rings. The molecule has 0 aromatic carbocycles. The van der Waals surface area contributed by atoms with Gasteiger partial charge in [0.15, 0.2) is 25.5 Å². The first-order valence-electron chi connectivity index (χ1n) is 2.41. The predicted octanol–water partition coefficient (Wildman–Crippen LogP) is 1.20. The zero-order valence-electron chi connectivity index (χ0n) is 4.60. The van der Waals surface area contributed by atoms with Crippen LogP contribution in [0.25, 0.3) is 0 Å². The summed E-state index contributed by atoms with van der Waals surface area (Å²) >= 11 is 0. The standard InChI is InChI=1S/C2H5N.N3P3/c1-2-3-1;1-4-2-6-3-5-1/h3H,1-2H2;. The van der Waals surface area contributed by atoms with Crippen LogP contribution >= 0.6 is 25.5 Å². The molecule has 0 bridgehead atoms. The molecule has 1 saturated heterocycles. The fourth-order valence-corrected chi connectivity index (χ4v) is 1.93. The van der Waals surface area contributed by atoms with E-state index in [1.807, 2.05) is 0 Å². The molecule has 1 fully saturated rings. The molecule has 0 aliphatic carbocycles. The molecule has 7 heteroatoms. The van der Waals surface area contributed by atoms with Crippen molar-refractivity contribution in [3.8, 4) is 0 Å². The Kier molecular flexibility index (Phi) is 4.16. The van der Waals surface area contributed by atoms with Crippen molar-refractivity contribution in [1.82, 2.24) is 18.8 Å². The highest BCUT2D eigenvalue weighted by atomic mass is 31.1. The molecule has 48 valence electrons. The minimum absolute atomic E-state index is 0.830. The Morgan fingerprint density at radius 2 is 1.22 bits per heavy atom. The molecular formula is C2H5N4P3. The second-order valence-electron chi connectivity index (χ2n) is 1.29. The van der Waals surface area contributed by atoms with E-state index in [1.165, 1.54) is 13.1 Å². The van der Waals surface area contributed by atoms with Crippen molar-refractivity contribution < 1.29 is 0 Å². The average molecular weight is 178 g/mol. The summed E-state index contributed by atoms with van der Waals surface area (Å²) in [5, 5.41) is 3.00. The second kappa shape index (κ2) is 5.08. The largest absolute Gasteiger partial charge is 0.314 e. The minimum Gasteiger partial charge on any atom is -0.314 e. The first-order chi connectivity index (χ1) is 4.50. The van der Waals surface area contributed by atoms with Crippen molar-refractivity contribution in [2.45, 2.75) is 0 Å². The summed E-state index contributed by atoms with van der Waals surface area (Å²) in [6.45, 7) is 2.50. The van der Waals surface area contributed by atoms with Crippen LogP contribution in [0.3, 0.4) is 0 Å². The Hall–Kier alpha value is 0.260.